The first-order valence-electron chi connectivity index (χ1n) is 6.84. The zero-order valence-corrected chi connectivity index (χ0v) is 12.4. The molecule has 0 bridgehead atoms. The van der Waals surface area contributed by atoms with Gasteiger partial charge in [-0.15, -0.1) is 0 Å². The van der Waals surface area contributed by atoms with Crippen molar-refractivity contribution in [3.63, 3.8) is 0 Å². The van der Waals surface area contributed by atoms with E-state index >= 15 is 0 Å². The Hall–Kier alpha value is -1.95. The number of carbonyl (C=O) groups is 2. The average molecular weight is 294 g/mol. The number of nitrogens with one attached hydrogen (secondary N) is 1. The fraction of sp³-hybridized carbons (Fsp3) is 0.467. The predicted molar refractivity (Wildman–Crippen MR) is 75.3 cm³/mol. The smallest absolute Gasteiger partial charge is 0.246 e. The lowest BCUT2D eigenvalue weighted by Gasteiger charge is -2.30. The third kappa shape index (κ3) is 3.05. The van der Waals surface area contributed by atoms with E-state index in [1.54, 1.807) is 19.1 Å². The number of nitrogens with zero attached hydrogens (tertiary/aromatic N) is 1. The number of amides is 2. The molecule has 0 radical (unpaired) electrons. The van der Waals surface area contributed by atoms with Gasteiger partial charge in [0, 0.05) is 25.1 Å². The number of carbonyl (C=O) groups excluding carboxylic acids is 2. The van der Waals surface area contributed by atoms with E-state index in [1.165, 1.54) is 20.2 Å². The largest absolute Gasteiger partial charge is 0.496 e. The van der Waals surface area contributed by atoms with Crippen LogP contribution in [0.2, 0.25) is 0 Å². The van der Waals surface area contributed by atoms with Crippen LogP contribution in [0.1, 0.15) is 31.4 Å². The number of likely N-dealkylation sites (tertiary alicyclic amines) is 1. The van der Waals surface area contributed by atoms with Gasteiger partial charge >= 0.3 is 0 Å². The Balaban J connectivity index is 2.17. The first-order valence-corrected chi connectivity index (χ1v) is 6.84. The van der Waals surface area contributed by atoms with Gasteiger partial charge in [0.25, 0.3) is 0 Å². The number of hydrogen-bond acceptors (Lipinski definition) is 4. The standard InChI is InChI=1S/C15H19FN2O3/c1-9(14-10(16)5-4-6-12(14)21-3)17-11-7-8-13(19)18(2)15(11)20/h4-6,9,11,17H,7-8H2,1-3H3. The van der Waals surface area contributed by atoms with Crippen molar-refractivity contribution in [1.29, 1.82) is 0 Å². The van der Waals surface area contributed by atoms with Crippen molar-refractivity contribution in [3.8, 4) is 5.75 Å². The number of rotatable bonds is 4. The normalized spacial score (nSPS) is 20.6. The average Bonchev–Trinajstić information content (AvgIpc) is 2.47. The molecule has 2 atom stereocenters. The Kier molecular flexibility index (Phi) is 4.57. The highest BCUT2D eigenvalue weighted by Gasteiger charge is 2.33. The second-order valence-electron chi connectivity index (χ2n) is 5.13. The molecule has 2 rings (SSSR count). The number of likely N-dealkylation sites (N-methyl/N-ethyl adjacent to an activating group) is 1. The van der Waals surface area contributed by atoms with Crippen molar-refractivity contribution in [1.82, 2.24) is 10.2 Å². The summed E-state index contributed by atoms with van der Waals surface area (Å²) in [5.41, 5.74) is 0.382. The first-order chi connectivity index (χ1) is 9.95. The van der Waals surface area contributed by atoms with Crippen LogP contribution < -0.4 is 10.1 Å². The van der Waals surface area contributed by atoms with Gasteiger partial charge in [0.05, 0.1) is 13.2 Å². The van der Waals surface area contributed by atoms with E-state index in [0.29, 0.717) is 24.2 Å². The molecule has 1 saturated heterocycles. The number of methoxy groups -OCH3 is 1. The van der Waals surface area contributed by atoms with Gasteiger partial charge in [-0.05, 0) is 25.5 Å². The van der Waals surface area contributed by atoms with Crippen LogP contribution in [0.4, 0.5) is 4.39 Å². The fourth-order valence-electron chi connectivity index (χ4n) is 2.57. The van der Waals surface area contributed by atoms with Crippen molar-refractivity contribution >= 4 is 11.8 Å². The van der Waals surface area contributed by atoms with Gasteiger partial charge in [0.1, 0.15) is 11.6 Å². The van der Waals surface area contributed by atoms with E-state index < -0.39 is 12.1 Å². The Labute approximate surface area is 123 Å². The van der Waals surface area contributed by atoms with Crippen molar-refractivity contribution in [3.05, 3.63) is 29.6 Å². The summed E-state index contributed by atoms with van der Waals surface area (Å²) in [5.74, 6) is -0.424. The van der Waals surface area contributed by atoms with Crippen molar-refractivity contribution in [2.24, 2.45) is 0 Å². The number of piperidine rings is 1. The van der Waals surface area contributed by atoms with Gasteiger partial charge in [-0.25, -0.2) is 4.39 Å². The second kappa shape index (κ2) is 6.22. The lowest BCUT2D eigenvalue weighted by Crippen LogP contribution is -2.51. The van der Waals surface area contributed by atoms with Gasteiger partial charge in [-0.2, -0.15) is 0 Å². The molecule has 1 aliphatic rings. The molecule has 5 nitrogen and oxygen atoms in total. The third-order valence-corrected chi connectivity index (χ3v) is 3.77. The molecule has 1 aromatic rings. The first kappa shape index (κ1) is 15.4. The summed E-state index contributed by atoms with van der Waals surface area (Å²) in [6.07, 6.45) is 0.726. The third-order valence-electron chi connectivity index (χ3n) is 3.77. The highest BCUT2D eigenvalue weighted by atomic mass is 19.1. The molecule has 1 N–H and O–H groups in total. The molecule has 1 fully saturated rings. The number of halogens is 1. The summed E-state index contributed by atoms with van der Waals surface area (Å²) in [4.78, 5) is 24.6. The van der Waals surface area contributed by atoms with Gasteiger partial charge in [0.2, 0.25) is 11.8 Å². The quantitative estimate of drug-likeness (QED) is 0.858. The van der Waals surface area contributed by atoms with Crippen molar-refractivity contribution < 1.29 is 18.7 Å². The molecule has 0 spiro atoms. The van der Waals surface area contributed by atoms with E-state index in [9.17, 15) is 14.0 Å². The van der Waals surface area contributed by atoms with Crippen LogP contribution in [0.5, 0.6) is 5.75 Å². The lowest BCUT2D eigenvalue weighted by atomic mass is 10.0. The SMILES string of the molecule is COc1cccc(F)c1C(C)NC1CCC(=O)N(C)C1=O. The molecule has 0 saturated carbocycles. The van der Waals surface area contributed by atoms with Gasteiger partial charge in [-0.1, -0.05) is 6.07 Å². The minimum atomic E-state index is -0.494. The zero-order valence-electron chi connectivity index (χ0n) is 12.4. The van der Waals surface area contributed by atoms with E-state index in [-0.39, 0.29) is 17.6 Å². The molecular weight excluding hydrogens is 275 g/mol. The van der Waals surface area contributed by atoms with E-state index in [4.69, 9.17) is 4.74 Å². The summed E-state index contributed by atoms with van der Waals surface area (Å²) in [5, 5.41) is 3.09. The molecule has 1 aliphatic heterocycles. The van der Waals surface area contributed by atoms with Gasteiger partial charge < -0.3 is 4.74 Å². The van der Waals surface area contributed by atoms with Gasteiger partial charge in [-0.3, -0.25) is 19.8 Å². The molecule has 2 unspecified atom stereocenters. The molecule has 0 aromatic heterocycles. The lowest BCUT2D eigenvalue weighted by molar-refractivity contribution is -0.148. The number of imide groups is 1. The molecule has 114 valence electrons. The summed E-state index contributed by atoms with van der Waals surface area (Å²) in [6.45, 7) is 1.77. The molecule has 1 aromatic carbocycles. The molecule has 1 heterocycles. The van der Waals surface area contributed by atoms with E-state index in [1.807, 2.05) is 0 Å². The summed E-state index contributed by atoms with van der Waals surface area (Å²) < 4.78 is 19.2. The topological polar surface area (TPSA) is 58.6 Å². The van der Waals surface area contributed by atoms with Gasteiger partial charge in [0.15, 0.2) is 0 Å². The van der Waals surface area contributed by atoms with Crippen LogP contribution >= 0.6 is 0 Å². The van der Waals surface area contributed by atoms with Crippen molar-refractivity contribution in [2.45, 2.75) is 31.8 Å². The minimum absolute atomic E-state index is 0.186. The summed E-state index contributed by atoms with van der Waals surface area (Å²) in [7, 11) is 2.94. The molecule has 0 aliphatic carbocycles. The fourth-order valence-corrected chi connectivity index (χ4v) is 2.57. The highest BCUT2D eigenvalue weighted by molar-refractivity contribution is 6.00. The Morgan fingerprint density at radius 3 is 2.81 bits per heavy atom. The molecular formula is C15H19FN2O3. The minimum Gasteiger partial charge on any atom is -0.496 e. The Morgan fingerprint density at radius 2 is 2.14 bits per heavy atom. The predicted octanol–water partition coefficient (Wildman–Crippen LogP) is 1.63. The van der Waals surface area contributed by atoms with Crippen LogP contribution in [0.15, 0.2) is 18.2 Å². The zero-order chi connectivity index (χ0) is 15.6. The van der Waals surface area contributed by atoms with Crippen LogP contribution in [-0.4, -0.2) is 36.9 Å². The van der Waals surface area contributed by atoms with E-state index in [2.05, 4.69) is 5.32 Å². The second-order valence-corrected chi connectivity index (χ2v) is 5.13. The highest BCUT2D eigenvalue weighted by Crippen LogP contribution is 2.28. The summed E-state index contributed by atoms with van der Waals surface area (Å²) in [6, 6.07) is 3.70. The number of hydrogen-bond donors (Lipinski definition) is 1. The molecule has 21 heavy (non-hydrogen) atoms. The van der Waals surface area contributed by atoms with Crippen LogP contribution in [-0.2, 0) is 9.59 Å². The molecule has 2 amide bonds. The van der Waals surface area contributed by atoms with E-state index in [0.717, 1.165) is 4.90 Å². The molecule has 6 heteroatoms. The monoisotopic (exact) mass is 294 g/mol. The van der Waals surface area contributed by atoms with Crippen LogP contribution in [0.3, 0.4) is 0 Å². The number of benzene rings is 1. The maximum Gasteiger partial charge on any atom is 0.246 e. The maximum absolute atomic E-state index is 14.0. The Morgan fingerprint density at radius 1 is 1.43 bits per heavy atom. The number of ether oxygens (including phenoxy) is 1. The van der Waals surface area contributed by atoms with Crippen molar-refractivity contribution in [2.75, 3.05) is 14.2 Å². The van der Waals surface area contributed by atoms with Crippen LogP contribution in [0.25, 0.3) is 0 Å². The Bertz CT molecular complexity index is 562. The maximum atomic E-state index is 14.0. The summed E-state index contributed by atoms with van der Waals surface area (Å²) >= 11 is 0. The van der Waals surface area contributed by atoms with Crippen LogP contribution in [0, 0.1) is 5.82 Å².